The first-order valence-electron chi connectivity index (χ1n) is 7.38. The Morgan fingerprint density at radius 1 is 1.43 bits per heavy atom. The Bertz CT molecular complexity index is 644. The molecule has 1 aliphatic rings. The molecule has 0 aromatic carbocycles. The zero-order valence-electron chi connectivity index (χ0n) is 12.5. The van der Waals surface area contributed by atoms with Crippen molar-refractivity contribution in [3.05, 3.63) is 29.7 Å². The van der Waals surface area contributed by atoms with Gasteiger partial charge in [0.1, 0.15) is 0 Å². The fourth-order valence-electron chi connectivity index (χ4n) is 2.72. The largest absolute Gasteiger partial charge is 0.462 e. The molecule has 0 N–H and O–H groups in total. The van der Waals surface area contributed by atoms with Crippen LogP contribution in [0.2, 0.25) is 0 Å². The van der Waals surface area contributed by atoms with Crippen LogP contribution in [-0.4, -0.2) is 52.2 Å². The van der Waals surface area contributed by atoms with Gasteiger partial charge in [0.15, 0.2) is 5.65 Å². The molecule has 2 aromatic rings. The molecule has 6 heteroatoms. The van der Waals surface area contributed by atoms with Gasteiger partial charge in [-0.1, -0.05) is 0 Å². The maximum atomic E-state index is 11.7. The van der Waals surface area contributed by atoms with E-state index in [-0.39, 0.29) is 5.97 Å². The second kappa shape index (κ2) is 5.81. The third-order valence-electron chi connectivity index (χ3n) is 3.98. The van der Waals surface area contributed by atoms with E-state index < -0.39 is 0 Å². The second-order valence-electron chi connectivity index (χ2n) is 5.51. The van der Waals surface area contributed by atoms with Gasteiger partial charge in [0.25, 0.3) is 0 Å². The Hall–Kier alpha value is -1.95. The fourth-order valence-corrected chi connectivity index (χ4v) is 2.72. The lowest BCUT2D eigenvalue weighted by Gasteiger charge is -2.27. The van der Waals surface area contributed by atoms with Crippen molar-refractivity contribution in [2.75, 3.05) is 26.7 Å². The lowest BCUT2D eigenvalue weighted by atomic mass is 9.94. The van der Waals surface area contributed by atoms with Gasteiger partial charge in [0, 0.05) is 24.4 Å². The van der Waals surface area contributed by atoms with E-state index in [9.17, 15) is 4.79 Å². The standard InChI is InChI=1S/C15H20N4O2/c1-3-21-15(20)12-9-16-14-8-13(17-19(14)10-12)11-4-6-18(2)7-5-11/h8-11H,3-7H2,1-2H3. The van der Waals surface area contributed by atoms with Crippen LogP contribution in [0.25, 0.3) is 5.65 Å². The number of likely N-dealkylation sites (tertiary alicyclic amines) is 1. The number of carbonyl (C=O) groups is 1. The number of esters is 1. The van der Waals surface area contributed by atoms with Crippen molar-refractivity contribution in [2.45, 2.75) is 25.7 Å². The first kappa shape index (κ1) is 14.0. The van der Waals surface area contributed by atoms with Crippen molar-refractivity contribution < 1.29 is 9.53 Å². The highest BCUT2D eigenvalue weighted by Gasteiger charge is 2.21. The van der Waals surface area contributed by atoms with Gasteiger partial charge in [-0.15, -0.1) is 0 Å². The van der Waals surface area contributed by atoms with Crippen LogP contribution in [-0.2, 0) is 4.74 Å². The number of nitrogens with zero attached hydrogens (tertiary/aromatic N) is 4. The molecule has 0 aliphatic carbocycles. The number of fused-ring (bicyclic) bond motifs is 1. The van der Waals surface area contributed by atoms with Gasteiger partial charge >= 0.3 is 5.97 Å². The van der Waals surface area contributed by atoms with Crippen LogP contribution in [0.5, 0.6) is 0 Å². The number of piperidine rings is 1. The van der Waals surface area contributed by atoms with Crippen LogP contribution in [0, 0.1) is 0 Å². The van der Waals surface area contributed by atoms with Crippen LogP contribution in [0.1, 0.15) is 41.7 Å². The maximum Gasteiger partial charge on any atom is 0.341 e. The lowest BCUT2D eigenvalue weighted by Crippen LogP contribution is -2.29. The molecule has 1 fully saturated rings. The van der Waals surface area contributed by atoms with Gasteiger partial charge in [0.05, 0.1) is 17.9 Å². The molecule has 0 unspecified atom stereocenters. The third-order valence-corrected chi connectivity index (χ3v) is 3.98. The summed E-state index contributed by atoms with van der Waals surface area (Å²) < 4.78 is 6.67. The van der Waals surface area contributed by atoms with Crippen molar-refractivity contribution in [2.24, 2.45) is 0 Å². The van der Waals surface area contributed by atoms with Crippen LogP contribution in [0.4, 0.5) is 0 Å². The monoisotopic (exact) mass is 288 g/mol. The summed E-state index contributed by atoms with van der Waals surface area (Å²) in [4.78, 5) is 18.4. The van der Waals surface area contributed by atoms with Gasteiger partial charge in [-0.05, 0) is 39.9 Å². The second-order valence-corrected chi connectivity index (χ2v) is 5.51. The number of carbonyl (C=O) groups excluding carboxylic acids is 1. The smallest absolute Gasteiger partial charge is 0.341 e. The minimum Gasteiger partial charge on any atom is -0.462 e. The Morgan fingerprint density at radius 2 is 2.19 bits per heavy atom. The highest BCUT2D eigenvalue weighted by atomic mass is 16.5. The van der Waals surface area contributed by atoms with Gasteiger partial charge in [-0.3, -0.25) is 0 Å². The molecule has 2 aromatic heterocycles. The molecule has 112 valence electrons. The minimum atomic E-state index is -0.358. The number of hydrogen-bond donors (Lipinski definition) is 0. The van der Waals surface area contributed by atoms with E-state index >= 15 is 0 Å². The third kappa shape index (κ3) is 2.90. The molecular formula is C15H20N4O2. The molecule has 3 heterocycles. The highest BCUT2D eigenvalue weighted by Crippen LogP contribution is 2.26. The van der Waals surface area contributed by atoms with Crippen molar-refractivity contribution in [1.82, 2.24) is 19.5 Å². The normalized spacial score (nSPS) is 17.2. The molecule has 0 atom stereocenters. The van der Waals surface area contributed by atoms with Crippen molar-refractivity contribution in [3.63, 3.8) is 0 Å². The highest BCUT2D eigenvalue weighted by molar-refractivity contribution is 5.88. The summed E-state index contributed by atoms with van der Waals surface area (Å²) in [6.45, 7) is 4.34. The molecule has 6 nitrogen and oxygen atoms in total. The summed E-state index contributed by atoms with van der Waals surface area (Å²) in [6.07, 6.45) is 5.47. The number of rotatable bonds is 3. The number of hydrogen-bond acceptors (Lipinski definition) is 5. The van der Waals surface area contributed by atoms with Crippen LogP contribution >= 0.6 is 0 Å². The fraction of sp³-hybridized carbons (Fsp3) is 0.533. The summed E-state index contributed by atoms with van der Waals surface area (Å²) >= 11 is 0. The SMILES string of the molecule is CCOC(=O)c1cnc2cc(C3CCN(C)CC3)nn2c1. The van der Waals surface area contributed by atoms with E-state index in [1.54, 1.807) is 23.8 Å². The average Bonchev–Trinajstić information content (AvgIpc) is 2.91. The van der Waals surface area contributed by atoms with E-state index in [1.807, 2.05) is 6.07 Å². The maximum absolute atomic E-state index is 11.7. The van der Waals surface area contributed by atoms with Gasteiger partial charge in [0.2, 0.25) is 0 Å². The van der Waals surface area contributed by atoms with E-state index in [4.69, 9.17) is 4.74 Å². The topological polar surface area (TPSA) is 59.7 Å². The van der Waals surface area contributed by atoms with Crippen LogP contribution < -0.4 is 0 Å². The molecule has 0 bridgehead atoms. The molecule has 3 rings (SSSR count). The average molecular weight is 288 g/mol. The van der Waals surface area contributed by atoms with E-state index in [0.717, 1.165) is 37.3 Å². The van der Waals surface area contributed by atoms with Crippen molar-refractivity contribution in [3.8, 4) is 0 Å². The zero-order chi connectivity index (χ0) is 14.8. The van der Waals surface area contributed by atoms with E-state index in [1.165, 1.54) is 0 Å². The molecule has 1 aliphatic heterocycles. The van der Waals surface area contributed by atoms with Gasteiger partial charge in [-0.25, -0.2) is 14.3 Å². The van der Waals surface area contributed by atoms with Gasteiger partial charge in [-0.2, -0.15) is 5.10 Å². The predicted molar refractivity (Wildman–Crippen MR) is 78.4 cm³/mol. The Labute approximate surface area is 123 Å². The van der Waals surface area contributed by atoms with E-state index in [0.29, 0.717) is 18.1 Å². The number of aromatic nitrogens is 3. The summed E-state index contributed by atoms with van der Waals surface area (Å²) in [7, 11) is 2.15. The quantitative estimate of drug-likeness (QED) is 0.805. The Kier molecular flexibility index (Phi) is 3.88. The molecule has 1 saturated heterocycles. The van der Waals surface area contributed by atoms with Crippen LogP contribution in [0.3, 0.4) is 0 Å². The first-order chi connectivity index (χ1) is 10.2. The van der Waals surface area contributed by atoms with Gasteiger partial charge < -0.3 is 9.64 Å². The molecule has 0 spiro atoms. The predicted octanol–water partition coefficient (Wildman–Crippen LogP) is 1.72. The van der Waals surface area contributed by atoms with Crippen molar-refractivity contribution in [1.29, 1.82) is 0 Å². The first-order valence-corrected chi connectivity index (χ1v) is 7.38. The summed E-state index contributed by atoms with van der Waals surface area (Å²) in [5.41, 5.74) is 2.27. The molecule has 0 radical (unpaired) electrons. The Balaban J connectivity index is 1.84. The lowest BCUT2D eigenvalue weighted by molar-refractivity contribution is 0.0525. The summed E-state index contributed by atoms with van der Waals surface area (Å²) in [5, 5.41) is 4.59. The summed E-state index contributed by atoms with van der Waals surface area (Å²) in [5.74, 6) is 0.122. The molecular weight excluding hydrogens is 268 g/mol. The number of ether oxygens (including phenoxy) is 1. The zero-order valence-corrected chi connectivity index (χ0v) is 12.5. The molecule has 0 amide bonds. The molecule has 21 heavy (non-hydrogen) atoms. The van der Waals surface area contributed by atoms with Crippen molar-refractivity contribution >= 4 is 11.6 Å². The van der Waals surface area contributed by atoms with E-state index in [2.05, 4.69) is 22.0 Å². The molecule has 0 saturated carbocycles. The van der Waals surface area contributed by atoms with Crippen LogP contribution in [0.15, 0.2) is 18.5 Å². The summed E-state index contributed by atoms with van der Waals surface area (Å²) in [6, 6.07) is 2.02. The minimum absolute atomic E-state index is 0.358. The Morgan fingerprint density at radius 3 is 2.90 bits per heavy atom.